The third-order valence-corrected chi connectivity index (χ3v) is 2.89. The molecule has 106 valence electrons. The van der Waals surface area contributed by atoms with E-state index in [-0.39, 0.29) is 0 Å². The van der Waals surface area contributed by atoms with Gasteiger partial charge in [0.25, 0.3) is 0 Å². The average molecular weight is 268 g/mol. The van der Waals surface area contributed by atoms with Crippen molar-refractivity contribution in [3.63, 3.8) is 0 Å². The quantitative estimate of drug-likeness (QED) is 0.826. The molecule has 1 atom stereocenters. The van der Waals surface area contributed by atoms with Crippen LogP contribution in [0.3, 0.4) is 0 Å². The number of urea groups is 1. The van der Waals surface area contributed by atoms with Crippen molar-refractivity contribution in [1.29, 1.82) is 0 Å². The Hall–Kier alpha value is -1.98. The molecule has 0 aliphatic heterocycles. The number of hydrogen-bond donors (Lipinski definition) is 2. The molecule has 1 rings (SSSR count). The maximum Gasteiger partial charge on any atom is 0.326 e. The highest BCUT2D eigenvalue weighted by atomic mass is 16.4. The Morgan fingerprint density at radius 1 is 1.53 bits per heavy atom. The van der Waals surface area contributed by atoms with E-state index in [1.807, 2.05) is 13.8 Å². The lowest BCUT2D eigenvalue weighted by Gasteiger charge is -2.21. The predicted molar refractivity (Wildman–Crippen MR) is 69.8 cm³/mol. The molecule has 0 aliphatic rings. The van der Waals surface area contributed by atoms with Crippen LogP contribution >= 0.6 is 0 Å². The van der Waals surface area contributed by atoms with Crippen LogP contribution in [-0.2, 0) is 11.3 Å². The molecule has 2 N–H and O–H groups in total. The van der Waals surface area contributed by atoms with Crippen LogP contribution in [0, 0.1) is 6.92 Å². The van der Waals surface area contributed by atoms with E-state index >= 15 is 0 Å². The fraction of sp³-hybridized carbons (Fsp3) is 0.538. The molecule has 6 nitrogen and oxygen atoms in total. The Kier molecular flexibility index (Phi) is 5.41. The molecule has 1 aromatic heterocycles. The van der Waals surface area contributed by atoms with E-state index in [4.69, 9.17) is 9.52 Å². The number of nitrogens with zero attached hydrogens (tertiary/aromatic N) is 1. The molecule has 0 spiro atoms. The Morgan fingerprint density at radius 3 is 2.68 bits per heavy atom. The first-order valence-corrected chi connectivity index (χ1v) is 6.23. The van der Waals surface area contributed by atoms with Crippen molar-refractivity contribution in [2.75, 3.05) is 7.05 Å². The number of nitrogens with one attached hydrogen (secondary N) is 1. The second-order valence-corrected chi connectivity index (χ2v) is 4.49. The first kappa shape index (κ1) is 15.1. The van der Waals surface area contributed by atoms with E-state index in [1.54, 1.807) is 19.4 Å². The second kappa shape index (κ2) is 6.82. The number of rotatable bonds is 6. The van der Waals surface area contributed by atoms with E-state index < -0.39 is 18.0 Å². The summed E-state index contributed by atoms with van der Waals surface area (Å²) in [6.07, 6.45) is 2.68. The first-order valence-electron chi connectivity index (χ1n) is 6.23. The number of aryl methyl sites for hydroxylation is 1. The molecule has 1 aromatic rings. The first-order chi connectivity index (χ1) is 8.95. The van der Waals surface area contributed by atoms with Gasteiger partial charge in [0, 0.05) is 12.6 Å². The molecular weight excluding hydrogens is 248 g/mol. The van der Waals surface area contributed by atoms with Gasteiger partial charge in [-0.3, -0.25) is 0 Å². The molecule has 0 aliphatic carbocycles. The van der Waals surface area contributed by atoms with Crippen LogP contribution in [0.2, 0.25) is 0 Å². The largest absolute Gasteiger partial charge is 0.480 e. The van der Waals surface area contributed by atoms with Crippen LogP contribution in [0.25, 0.3) is 0 Å². The number of carbonyl (C=O) groups excluding carboxylic acids is 1. The molecule has 0 aromatic carbocycles. The molecule has 19 heavy (non-hydrogen) atoms. The molecule has 2 amide bonds. The molecular formula is C13H20N2O4. The van der Waals surface area contributed by atoms with E-state index in [1.165, 1.54) is 4.90 Å². The summed E-state index contributed by atoms with van der Waals surface area (Å²) in [5.41, 5.74) is 0.903. The highest BCUT2D eigenvalue weighted by Gasteiger charge is 2.21. The van der Waals surface area contributed by atoms with Gasteiger partial charge in [-0.15, -0.1) is 0 Å². The van der Waals surface area contributed by atoms with Crippen molar-refractivity contribution in [2.24, 2.45) is 0 Å². The maximum absolute atomic E-state index is 11.9. The van der Waals surface area contributed by atoms with Crippen molar-refractivity contribution in [3.05, 3.63) is 23.7 Å². The van der Waals surface area contributed by atoms with Gasteiger partial charge in [0.05, 0.1) is 12.8 Å². The molecule has 6 heteroatoms. The number of hydrogen-bond acceptors (Lipinski definition) is 3. The predicted octanol–water partition coefficient (Wildman–Crippen LogP) is 1.98. The van der Waals surface area contributed by atoms with Gasteiger partial charge in [0.1, 0.15) is 11.8 Å². The standard InChI is InChI=1S/C13H20N2O4/c1-4-5-11(12(16)17)14-13(18)15(3)8-10-6-7-19-9(10)2/h6-7,11H,4-5,8H2,1-3H3,(H,14,18)(H,16,17). The lowest BCUT2D eigenvalue weighted by atomic mass is 10.2. The molecule has 0 bridgehead atoms. The van der Waals surface area contributed by atoms with Gasteiger partial charge in [-0.2, -0.15) is 0 Å². The van der Waals surface area contributed by atoms with Crippen molar-refractivity contribution < 1.29 is 19.1 Å². The third kappa shape index (κ3) is 4.31. The van der Waals surface area contributed by atoms with E-state index in [0.29, 0.717) is 19.4 Å². The van der Waals surface area contributed by atoms with Crippen molar-refractivity contribution >= 4 is 12.0 Å². The maximum atomic E-state index is 11.9. The van der Waals surface area contributed by atoms with Gasteiger partial charge in [0.15, 0.2) is 0 Å². The normalized spacial score (nSPS) is 11.9. The summed E-state index contributed by atoms with van der Waals surface area (Å²) in [6.45, 7) is 4.07. The third-order valence-electron chi connectivity index (χ3n) is 2.89. The Morgan fingerprint density at radius 2 is 2.21 bits per heavy atom. The minimum Gasteiger partial charge on any atom is -0.480 e. The van der Waals surface area contributed by atoms with Crippen LogP contribution in [0.15, 0.2) is 16.7 Å². The van der Waals surface area contributed by atoms with Gasteiger partial charge >= 0.3 is 12.0 Å². The molecule has 1 heterocycles. The minimum absolute atomic E-state index is 0.382. The summed E-state index contributed by atoms with van der Waals surface area (Å²) < 4.78 is 5.15. The molecule has 0 saturated carbocycles. The monoisotopic (exact) mass is 268 g/mol. The summed E-state index contributed by atoms with van der Waals surface area (Å²) in [6, 6.07) is 0.548. The van der Waals surface area contributed by atoms with E-state index in [9.17, 15) is 9.59 Å². The lowest BCUT2D eigenvalue weighted by Crippen LogP contribution is -2.46. The van der Waals surface area contributed by atoms with Crippen LogP contribution in [0.5, 0.6) is 0 Å². The minimum atomic E-state index is -1.01. The Bertz CT molecular complexity index is 442. The van der Waals surface area contributed by atoms with E-state index in [2.05, 4.69) is 5.32 Å². The summed E-state index contributed by atoms with van der Waals surface area (Å²) >= 11 is 0. The molecule has 0 radical (unpaired) electrons. The van der Waals surface area contributed by atoms with Gasteiger partial charge < -0.3 is 19.7 Å². The molecule has 1 unspecified atom stereocenters. The highest BCUT2D eigenvalue weighted by Crippen LogP contribution is 2.11. The number of furan rings is 1. The highest BCUT2D eigenvalue weighted by molar-refractivity contribution is 5.82. The van der Waals surface area contributed by atoms with Crippen molar-refractivity contribution in [2.45, 2.75) is 39.3 Å². The summed E-state index contributed by atoms with van der Waals surface area (Å²) in [4.78, 5) is 24.3. The zero-order chi connectivity index (χ0) is 14.4. The van der Waals surface area contributed by atoms with Gasteiger partial charge in [-0.25, -0.2) is 9.59 Å². The summed E-state index contributed by atoms with van der Waals surface area (Å²) in [7, 11) is 1.62. The fourth-order valence-corrected chi connectivity index (χ4v) is 1.71. The molecule has 0 fully saturated rings. The number of aliphatic carboxylic acids is 1. The van der Waals surface area contributed by atoms with E-state index in [0.717, 1.165) is 11.3 Å². The SMILES string of the molecule is CCCC(NC(=O)N(C)Cc1ccoc1C)C(=O)O. The van der Waals surface area contributed by atoms with Crippen molar-refractivity contribution in [1.82, 2.24) is 10.2 Å². The number of amides is 2. The Labute approximate surface area is 112 Å². The van der Waals surface area contributed by atoms with Crippen molar-refractivity contribution in [3.8, 4) is 0 Å². The summed E-state index contributed by atoms with van der Waals surface area (Å²) in [5.74, 6) is -0.258. The van der Waals surface area contributed by atoms with Crippen LogP contribution < -0.4 is 5.32 Å². The van der Waals surface area contributed by atoms with Crippen LogP contribution in [-0.4, -0.2) is 35.1 Å². The number of carbonyl (C=O) groups is 2. The van der Waals surface area contributed by atoms with Gasteiger partial charge in [-0.1, -0.05) is 13.3 Å². The molecule has 0 saturated heterocycles. The summed E-state index contributed by atoms with van der Waals surface area (Å²) in [5, 5.41) is 11.5. The zero-order valence-electron chi connectivity index (χ0n) is 11.5. The second-order valence-electron chi connectivity index (χ2n) is 4.49. The number of carboxylic acid groups (broad SMARTS) is 1. The number of carboxylic acids is 1. The van der Waals surface area contributed by atoms with Crippen LogP contribution in [0.4, 0.5) is 4.79 Å². The lowest BCUT2D eigenvalue weighted by molar-refractivity contribution is -0.139. The van der Waals surface area contributed by atoms with Gasteiger partial charge in [0.2, 0.25) is 0 Å². The smallest absolute Gasteiger partial charge is 0.326 e. The average Bonchev–Trinajstić information content (AvgIpc) is 2.74. The Balaban J connectivity index is 2.57. The van der Waals surface area contributed by atoms with Gasteiger partial charge in [-0.05, 0) is 19.4 Å². The fourth-order valence-electron chi connectivity index (χ4n) is 1.71. The van der Waals surface area contributed by atoms with Crippen LogP contribution in [0.1, 0.15) is 31.1 Å². The topological polar surface area (TPSA) is 82.8 Å². The zero-order valence-corrected chi connectivity index (χ0v) is 11.5.